The molecule has 0 aliphatic carbocycles. The number of benzene rings is 3. The van der Waals surface area contributed by atoms with Crippen LogP contribution in [0.15, 0.2) is 85.5 Å². The van der Waals surface area contributed by atoms with Crippen LogP contribution < -0.4 is 14.2 Å². The highest BCUT2D eigenvalue weighted by atomic mass is 16.5. The van der Waals surface area contributed by atoms with E-state index in [-0.39, 0.29) is 0 Å². The first-order valence-electron chi connectivity index (χ1n) is 8.48. The molecule has 0 amide bonds. The number of hydrogen-bond acceptors (Lipinski definition) is 3. The van der Waals surface area contributed by atoms with E-state index in [9.17, 15) is 0 Å². The molecule has 0 atom stereocenters. The van der Waals surface area contributed by atoms with E-state index in [1.54, 1.807) is 13.2 Å². The number of hydrogen-bond donors (Lipinski definition) is 0. The van der Waals surface area contributed by atoms with Crippen molar-refractivity contribution in [3.05, 3.63) is 91.0 Å². The molecule has 0 aliphatic heterocycles. The van der Waals surface area contributed by atoms with Gasteiger partial charge in [0.05, 0.1) is 7.11 Å². The lowest BCUT2D eigenvalue weighted by molar-refractivity contribution is 0.306. The molecule has 0 bridgehead atoms. The molecule has 0 saturated carbocycles. The smallest absolute Gasteiger partial charge is 0.119 e. The molecule has 0 fully saturated rings. The van der Waals surface area contributed by atoms with Crippen molar-refractivity contribution < 1.29 is 14.2 Å². The molecule has 0 spiro atoms. The lowest BCUT2D eigenvalue weighted by Crippen LogP contribution is -1.96. The zero-order valence-electron chi connectivity index (χ0n) is 14.9. The van der Waals surface area contributed by atoms with Crippen LogP contribution in [0.5, 0.6) is 17.2 Å². The van der Waals surface area contributed by atoms with Crippen LogP contribution in [0.3, 0.4) is 0 Å². The third-order valence-corrected chi connectivity index (χ3v) is 3.97. The first kappa shape index (κ1) is 17.6. The van der Waals surface area contributed by atoms with Gasteiger partial charge < -0.3 is 14.2 Å². The van der Waals surface area contributed by atoms with Crippen LogP contribution in [0.4, 0.5) is 0 Å². The summed E-state index contributed by atoms with van der Waals surface area (Å²) in [6, 6.07) is 24.0. The van der Waals surface area contributed by atoms with Gasteiger partial charge in [0, 0.05) is 0 Å². The van der Waals surface area contributed by atoms with E-state index in [2.05, 4.69) is 18.7 Å². The highest BCUT2D eigenvalue weighted by Crippen LogP contribution is 2.25. The minimum Gasteiger partial charge on any atom is -0.497 e. The average molecular weight is 346 g/mol. The summed E-state index contributed by atoms with van der Waals surface area (Å²) >= 11 is 0. The van der Waals surface area contributed by atoms with Gasteiger partial charge in [-0.15, -0.1) is 0 Å². The number of methoxy groups -OCH3 is 1. The van der Waals surface area contributed by atoms with Crippen molar-refractivity contribution in [1.82, 2.24) is 0 Å². The minimum absolute atomic E-state index is 0.510. The summed E-state index contributed by atoms with van der Waals surface area (Å²) in [6.45, 7) is 4.67. The molecule has 3 heteroatoms. The normalized spacial score (nSPS) is 10.2. The summed E-state index contributed by atoms with van der Waals surface area (Å²) in [4.78, 5) is 0. The third kappa shape index (κ3) is 4.67. The van der Waals surface area contributed by atoms with Crippen LogP contribution in [-0.2, 0) is 6.61 Å². The Morgan fingerprint density at radius 3 is 1.73 bits per heavy atom. The molecule has 0 N–H and O–H groups in total. The van der Waals surface area contributed by atoms with Crippen molar-refractivity contribution in [2.75, 3.05) is 13.7 Å². The van der Waals surface area contributed by atoms with Gasteiger partial charge >= 0.3 is 0 Å². The van der Waals surface area contributed by atoms with Gasteiger partial charge in [-0.05, 0) is 53.1 Å². The molecule has 0 radical (unpaired) electrons. The van der Waals surface area contributed by atoms with Crippen molar-refractivity contribution in [1.29, 1.82) is 0 Å². The third-order valence-electron chi connectivity index (χ3n) is 3.97. The molecule has 0 saturated heterocycles. The van der Waals surface area contributed by atoms with Crippen LogP contribution in [0.1, 0.15) is 5.56 Å². The Bertz CT molecular complexity index is 819. The van der Waals surface area contributed by atoms with Crippen LogP contribution in [0.2, 0.25) is 0 Å². The van der Waals surface area contributed by atoms with Gasteiger partial charge in [-0.1, -0.05) is 49.1 Å². The standard InChI is InChI=1S/C23H22O3/c1-3-16-25-22-10-4-18(5-11-22)17-26-23-14-8-20(9-15-23)19-6-12-21(24-2)13-7-19/h3-15H,1,16-17H2,2H3. The Morgan fingerprint density at radius 2 is 1.19 bits per heavy atom. The maximum atomic E-state index is 5.86. The quantitative estimate of drug-likeness (QED) is 0.504. The van der Waals surface area contributed by atoms with Crippen molar-refractivity contribution in [3.8, 4) is 28.4 Å². The van der Waals surface area contributed by atoms with E-state index in [0.29, 0.717) is 13.2 Å². The van der Waals surface area contributed by atoms with Crippen molar-refractivity contribution in [2.45, 2.75) is 6.61 Å². The van der Waals surface area contributed by atoms with Crippen molar-refractivity contribution in [3.63, 3.8) is 0 Å². The Morgan fingerprint density at radius 1 is 0.692 bits per heavy atom. The maximum Gasteiger partial charge on any atom is 0.119 e. The van der Waals surface area contributed by atoms with E-state index >= 15 is 0 Å². The van der Waals surface area contributed by atoms with Gasteiger partial charge in [0.2, 0.25) is 0 Å². The molecular formula is C23H22O3. The zero-order chi connectivity index (χ0) is 18.2. The van der Waals surface area contributed by atoms with Crippen LogP contribution in [0.25, 0.3) is 11.1 Å². The highest BCUT2D eigenvalue weighted by molar-refractivity contribution is 5.64. The average Bonchev–Trinajstić information content (AvgIpc) is 2.72. The number of ether oxygens (including phenoxy) is 3. The summed E-state index contributed by atoms with van der Waals surface area (Å²) in [6.07, 6.45) is 1.73. The zero-order valence-corrected chi connectivity index (χ0v) is 14.9. The lowest BCUT2D eigenvalue weighted by atomic mass is 10.1. The Labute approximate surface area is 154 Å². The Hall–Kier alpha value is -3.20. The van der Waals surface area contributed by atoms with E-state index < -0.39 is 0 Å². The fraction of sp³-hybridized carbons (Fsp3) is 0.130. The monoisotopic (exact) mass is 346 g/mol. The van der Waals surface area contributed by atoms with Gasteiger partial charge in [0.25, 0.3) is 0 Å². The maximum absolute atomic E-state index is 5.86. The molecule has 3 rings (SSSR count). The molecular weight excluding hydrogens is 324 g/mol. The summed E-state index contributed by atoms with van der Waals surface area (Å²) in [5, 5.41) is 0. The molecule has 0 aliphatic rings. The predicted octanol–water partition coefficient (Wildman–Crippen LogP) is 5.51. The van der Waals surface area contributed by atoms with E-state index in [1.165, 1.54) is 0 Å². The van der Waals surface area contributed by atoms with E-state index in [1.807, 2.05) is 60.7 Å². The Kier molecular flexibility index (Phi) is 5.94. The number of rotatable bonds is 8. The summed E-state index contributed by atoms with van der Waals surface area (Å²) < 4.78 is 16.5. The molecule has 3 aromatic rings. The molecule has 0 heterocycles. The molecule has 132 valence electrons. The van der Waals surface area contributed by atoms with Gasteiger partial charge in [0.15, 0.2) is 0 Å². The molecule has 3 nitrogen and oxygen atoms in total. The first-order valence-corrected chi connectivity index (χ1v) is 8.48. The first-order chi connectivity index (χ1) is 12.8. The van der Waals surface area contributed by atoms with Crippen LogP contribution in [-0.4, -0.2) is 13.7 Å². The largest absolute Gasteiger partial charge is 0.497 e. The van der Waals surface area contributed by atoms with Crippen molar-refractivity contribution >= 4 is 0 Å². The SMILES string of the molecule is C=CCOc1ccc(COc2ccc(-c3ccc(OC)cc3)cc2)cc1. The summed E-state index contributed by atoms with van der Waals surface area (Å²) in [5.41, 5.74) is 3.38. The van der Waals surface area contributed by atoms with Crippen molar-refractivity contribution in [2.24, 2.45) is 0 Å². The molecule has 0 aromatic heterocycles. The fourth-order valence-electron chi connectivity index (χ4n) is 2.53. The second-order valence-corrected chi connectivity index (χ2v) is 5.79. The molecule has 3 aromatic carbocycles. The fourth-order valence-corrected chi connectivity index (χ4v) is 2.53. The van der Waals surface area contributed by atoms with Gasteiger partial charge in [-0.2, -0.15) is 0 Å². The predicted molar refractivity (Wildman–Crippen MR) is 105 cm³/mol. The van der Waals surface area contributed by atoms with E-state index in [0.717, 1.165) is 33.9 Å². The minimum atomic E-state index is 0.510. The molecule has 0 unspecified atom stereocenters. The van der Waals surface area contributed by atoms with Crippen LogP contribution in [0, 0.1) is 0 Å². The van der Waals surface area contributed by atoms with E-state index in [4.69, 9.17) is 14.2 Å². The van der Waals surface area contributed by atoms with Gasteiger partial charge in [-0.3, -0.25) is 0 Å². The van der Waals surface area contributed by atoms with Crippen LogP contribution >= 0.6 is 0 Å². The molecule has 26 heavy (non-hydrogen) atoms. The Balaban J connectivity index is 1.57. The second-order valence-electron chi connectivity index (χ2n) is 5.79. The topological polar surface area (TPSA) is 27.7 Å². The second kappa shape index (κ2) is 8.77. The lowest BCUT2D eigenvalue weighted by Gasteiger charge is -2.09. The van der Waals surface area contributed by atoms with Gasteiger partial charge in [0.1, 0.15) is 30.5 Å². The summed E-state index contributed by atoms with van der Waals surface area (Å²) in [7, 11) is 1.67. The highest BCUT2D eigenvalue weighted by Gasteiger charge is 2.01. The summed E-state index contributed by atoms with van der Waals surface area (Å²) in [5.74, 6) is 2.53. The van der Waals surface area contributed by atoms with Gasteiger partial charge in [-0.25, -0.2) is 0 Å².